The molecule has 0 saturated heterocycles. The largest absolute Gasteiger partial charge is 0.491 e. The van der Waals surface area contributed by atoms with Crippen LogP contribution in [0.25, 0.3) is 0 Å². The number of carbonyl (C=O) groups excluding carboxylic acids is 2. The molecule has 0 heterocycles. The number of alkyl carbamates (subject to hydrolysis) is 1. The van der Waals surface area contributed by atoms with Gasteiger partial charge in [-0.05, 0) is 70.7 Å². The molecule has 36 heavy (non-hydrogen) atoms. The van der Waals surface area contributed by atoms with Crippen LogP contribution in [0, 0.1) is 17.0 Å². The number of unbranched alkanes of at least 4 members (excludes halogenated alkanes) is 2. The van der Waals surface area contributed by atoms with Crippen molar-refractivity contribution in [1.29, 1.82) is 0 Å². The van der Waals surface area contributed by atoms with Crippen LogP contribution in [-0.4, -0.2) is 49.8 Å². The van der Waals surface area contributed by atoms with Crippen molar-refractivity contribution in [1.82, 2.24) is 5.32 Å². The molecule has 2 amide bonds. The Bertz CT molecular complexity index is 1080. The Labute approximate surface area is 211 Å². The minimum absolute atomic E-state index is 0.0146. The monoisotopic (exact) mass is 501 g/mol. The number of nitro groups is 1. The van der Waals surface area contributed by atoms with Gasteiger partial charge in [0.25, 0.3) is 5.91 Å². The number of nitrogens with zero attached hydrogens (tertiary/aromatic N) is 2. The first-order chi connectivity index (χ1) is 16.9. The minimum Gasteiger partial charge on any atom is -0.491 e. The molecule has 0 aliphatic carbocycles. The van der Waals surface area contributed by atoms with Crippen molar-refractivity contribution in [2.24, 2.45) is 0 Å². The maximum absolute atomic E-state index is 13.1. The summed E-state index contributed by atoms with van der Waals surface area (Å²) in [5.41, 5.74) is 1.08. The standard InChI is InChI=1S/C26H35N3O7/c1-18-10-12-20(28(5)24(30)19-11-13-21(29(32)33)22(17-19)34-6)23(16-18)35-15-9-7-8-14-27-25(31)36-26(2,3)4/h10-13,16-17H,7-9,14-15H2,1-6H3,(H,27,31). The fraction of sp³-hybridized carbons (Fsp3) is 0.462. The highest BCUT2D eigenvalue weighted by molar-refractivity contribution is 6.07. The molecule has 2 rings (SSSR count). The number of nitrogens with one attached hydrogen (secondary N) is 1. The number of methoxy groups -OCH3 is 1. The summed E-state index contributed by atoms with van der Waals surface area (Å²) in [6.45, 7) is 8.34. The molecule has 0 atom stereocenters. The van der Waals surface area contributed by atoms with E-state index in [1.165, 1.54) is 30.2 Å². The third-order valence-electron chi connectivity index (χ3n) is 5.15. The van der Waals surface area contributed by atoms with E-state index < -0.39 is 16.6 Å². The van der Waals surface area contributed by atoms with E-state index in [1.54, 1.807) is 13.1 Å². The van der Waals surface area contributed by atoms with Crippen LogP contribution < -0.4 is 19.7 Å². The Hall–Kier alpha value is -3.82. The van der Waals surface area contributed by atoms with Crippen LogP contribution in [0.4, 0.5) is 16.2 Å². The van der Waals surface area contributed by atoms with Gasteiger partial charge < -0.3 is 24.4 Å². The number of carbonyl (C=O) groups is 2. The summed E-state index contributed by atoms with van der Waals surface area (Å²) in [6, 6.07) is 9.56. The maximum atomic E-state index is 13.1. The van der Waals surface area contributed by atoms with Gasteiger partial charge in [0.15, 0.2) is 5.75 Å². The topological polar surface area (TPSA) is 120 Å². The highest BCUT2D eigenvalue weighted by Crippen LogP contribution is 2.32. The molecule has 0 aliphatic heterocycles. The quantitative estimate of drug-likeness (QED) is 0.253. The first-order valence-electron chi connectivity index (χ1n) is 11.7. The Morgan fingerprint density at radius 2 is 1.78 bits per heavy atom. The van der Waals surface area contributed by atoms with E-state index in [0.29, 0.717) is 24.6 Å². The molecule has 0 aliphatic rings. The number of hydrogen-bond acceptors (Lipinski definition) is 7. The van der Waals surface area contributed by atoms with Gasteiger partial charge in [-0.2, -0.15) is 0 Å². The SMILES string of the molecule is COc1cc(C(=O)N(C)c2ccc(C)cc2OCCCCCNC(=O)OC(C)(C)C)ccc1[N+](=O)[O-]. The molecule has 0 spiro atoms. The van der Waals surface area contributed by atoms with Crippen molar-refractivity contribution >= 4 is 23.4 Å². The average molecular weight is 502 g/mol. The highest BCUT2D eigenvalue weighted by Gasteiger charge is 2.22. The van der Waals surface area contributed by atoms with Gasteiger partial charge >= 0.3 is 11.8 Å². The van der Waals surface area contributed by atoms with Gasteiger partial charge in [-0.15, -0.1) is 0 Å². The van der Waals surface area contributed by atoms with Gasteiger partial charge in [-0.25, -0.2) is 4.79 Å². The number of ether oxygens (including phenoxy) is 3. The lowest BCUT2D eigenvalue weighted by Crippen LogP contribution is -2.33. The van der Waals surface area contributed by atoms with Crippen molar-refractivity contribution in [2.45, 2.75) is 52.6 Å². The van der Waals surface area contributed by atoms with Crippen LogP contribution in [0.2, 0.25) is 0 Å². The first-order valence-corrected chi connectivity index (χ1v) is 11.7. The number of benzene rings is 2. The summed E-state index contributed by atoms with van der Waals surface area (Å²) in [6.07, 6.45) is 1.96. The molecule has 10 nitrogen and oxygen atoms in total. The van der Waals surface area contributed by atoms with E-state index in [2.05, 4.69) is 5.32 Å². The third-order valence-corrected chi connectivity index (χ3v) is 5.15. The van der Waals surface area contributed by atoms with Crippen molar-refractivity contribution in [3.05, 3.63) is 57.6 Å². The summed E-state index contributed by atoms with van der Waals surface area (Å²) < 4.78 is 16.3. The smallest absolute Gasteiger partial charge is 0.407 e. The second-order valence-electron chi connectivity index (χ2n) is 9.32. The molecule has 0 unspecified atom stereocenters. The molecule has 0 bridgehead atoms. The molecule has 196 valence electrons. The molecular formula is C26H35N3O7. The number of amides is 2. The third kappa shape index (κ3) is 8.44. The van der Waals surface area contributed by atoms with E-state index >= 15 is 0 Å². The van der Waals surface area contributed by atoms with E-state index in [4.69, 9.17) is 14.2 Å². The Morgan fingerprint density at radius 3 is 2.42 bits per heavy atom. The number of hydrogen-bond donors (Lipinski definition) is 1. The van der Waals surface area contributed by atoms with E-state index in [9.17, 15) is 19.7 Å². The summed E-state index contributed by atoms with van der Waals surface area (Å²) >= 11 is 0. The second-order valence-corrected chi connectivity index (χ2v) is 9.32. The molecule has 0 fully saturated rings. The van der Waals surface area contributed by atoms with Gasteiger partial charge in [0.05, 0.1) is 24.3 Å². The molecule has 10 heteroatoms. The molecule has 0 radical (unpaired) electrons. The average Bonchev–Trinajstić information content (AvgIpc) is 2.81. The van der Waals surface area contributed by atoms with Gasteiger partial charge in [0.1, 0.15) is 11.4 Å². The summed E-state index contributed by atoms with van der Waals surface area (Å²) in [5, 5.41) is 13.9. The van der Waals surface area contributed by atoms with Gasteiger partial charge in [0, 0.05) is 31.3 Å². The van der Waals surface area contributed by atoms with Gasteiger partial charge in [-0.1, -0.05) is 6.07 Å². The number of anilines is 1. The molecular weight excluding hydrogens is 466 g/mol. The van der Waals surface area contributed by atoms with Crippen molar-refractivity contribution in [2.75, 3.05) is 32.2 Å². The number of aryl methyl sites for hydroxylation is 1. The maximum Gasteiger partial charge on any atom is 0.407 e. The molecule has 2 aromatic rings. The fourth-order valence-electron chi connectivity index (χ4n) is 3.37. The van der Waals surface area contributed by atoms with Crippen LogP contribution in [0.15, 0.2) is 36.4 Å². The van der Waals surface area contributed by atoms with Crippen LogP contribution in [0.5, 0.6) is 11.5 Å². The zero-order chi connectivity index (χ0) is 26.9. The lowest BCUT2D eigenvalue weighted by molar-refractivity contribution is -0.385. The predicted molar refractivity (Wildman–Crippen MR) is 137 cm³/mol. The van der Waals surface area contributed by atoms with Crippen LogP contribution in [0.1, 0.15) is 56.0 Å². The van der Waals surface area contributed by atoms with Gasteiger partial charge in [-0.3, -0.25) is 14.9 Å². The molecule has 2 aromatic carbocycles. The summed E-state index contributed by atoms with van der Waals surface area (Å²) in [7, 11) is 2.94. The van der Waals surface area contributed by atoms with Gasteiger partial charge in [0.2, 0.25) is 0 Å². The number of nitro benzene ring substituents is 1. The fourth-order valence-corrected chi connectivity index (χ4v) is 3.37. The Kier molecular flexibility index (Phi) is 10.1. The van der Waals surface area contributed by atoms with E-state index in [1.807, 2.05) is 39.8 Å². The van der Waals surface area contributed by atoms with Crippen molar-refractivity contribution in [3.63, 3.8) is 0 Å². The number of rotatable bonds is 11. The zero-order valence-electron chi connectivity index (χ0n) is 21.8. The van der Waals surface area contributed by atoms with Crippen molar-refractivity contribution in [3.8, 4) is 11.5 Å². The second kappa shape index (κ2) is 12.8. The van der Waals surface area contributed by atoms with E-state index in [0.717, 1.165) is 24.8 Å². The Morgan fingerprint density at radius 1 is 1.06 bits per heavy atom. The van der Waals surface area contributed by atoms with Crippen molar-refractivity contribution < 1.29 is 28.7 Å². The highest BCUT2D eigenvalue weighted by atomic mass is 16.6. The normalized spacial score (nSPS) is 10.9. The lowest BCUT2D eigenvalue weighted by atomic mass is 10.1. The van der Waals surface area contributed by atoms with Crippen LogP contribution >= 0.6 is 0 Å². The van der Waals surface area contributed by atoms with E-state index in [-0.39, 0.29) is 22.9 Å². The molecule has 0 saturated carbocycles. The first kappa shape index (κ1) is 28.4. The van der Waals surface area contributed by atoms with Crippen LogP contribution in [-0.2, 0) is 4.74 Å². The minimum atomic E-state index is -0.559. The zero-order valence-corrected chi connectivity index (χ0v) is 21.8. The summed E-state index contributed by atoms with van der Waals surface area (Å²) in [4.78, 5) is 36.8. The molecule has 1 N–H and O–H groups in total. The lowest BCUT2D eigenvalue weighted by Gasteiger charge is -2.21. The predicted octanol–water partition coefficient (Wildman–Crippen LogP) is 5.26. The van der Waals surface area contributed by atoms with Crippen LogP contribution in [0.3, 0.4) is 0 Å². The summed E-state index contributed by atoms with van der Waals surface area (Å²) in [5.74, 6) is 0.220. The molecule has 0 aromatic heterocycles. The Balaban J connectivity index is 1.96.